The number of aliphatic hydroxyl groups excluding tert-OH is 1. The molecule has 6 heteroatoms. The van der Waals surface area contributed by atoms with Crippen LogP contribution in [-0.2, 0) is 4.74 Å². The Morgan fingerprint density at radius 2 is 1.61 bits per heavy atom. The number of alkyl carbamates (subject to hydrolysis) is 1. The van der Waals surface area contributed by atoms with E-state index in [1.807, 2.05) is 18.2 Å². The van der Waals surface area contributed by atoms with E-state index >= 15 is 0 Å². The van der Waals surface area contributed by atoms with Crippen LogP contribution in [0.1, 0.15) is 89.2 Å². The molecule has 0 bridgehead atoms. The highest BCUT2D eigenvalue weighted by molar-refractivity contribution is 5.67. The summed E-state index contributed by atoms with van der Waals surface area (Å²) >= 11 is 0. The molecular formula is C25H44N2O4. The van der Waals surface area contributed by atoms with Gasteiger partial charge in [-0.3, -0.25) is 0 Å². The average Bonchev–Trinajstić information content (AvgIpc) is 2.80. The lowest BCUT2D eigenvalue weighted by Crippen LogP contribution is -2.34. The third-order valence-electron chi connectivity index (χ3n) is 5.47. The molecule has 0 heterocycles. The zero-order valence-corrected chi connectivity index (χ0v) is 19.7. The number of methoxy groups -OCH3 is 1. The van der Waals surface area contributed by atoms with E-state index in [0.717, 1.165) is 24.2 Å². The Kier molecular flexibility index (Phi) is 16.6. The molecule has 0 fully saturated rings. The summed E-state index contributed by atoms with van der Waals surface area (Å²) in [6, 6.07) is 8.30. The summed E-state index contributed by atoms with van der Waals surface area (Å²) in [4.78, 5) is 11.5. The van der Waals surface area contributed by atoms with E-state index in [9.17, 15) is 4.79 Å². The van der Waals surface area contributed by atoms with E-state index in [-0.39, 0.29) is 19.3 Å². The lowest BCUT2D eigenvalue weighted by atomic mass is 9.98. The van der Waals surface area contributed by atoms with Crippen LogP contribution in [0.3, 0.4) is 0 Å². The maximum Gasteiger partial charge on any atom is 0.407 e. The summed E-state index contributed by atoms with van der Waals surface area (Å²) in [6.45, 7) is 3.21. The highest BCUT2D eigenvalue weighted by Crippen LogP contribution is 2.28. The Labute approximate surface area is 189 Å². The molecule has 1 amide bonds. The molecule has 0 saturated carbocycles. The Morgan fingerprint density at radius 1 is 0.968 bits per heavy atom. The first kappa shape index (κ1) is 27.2. The smallest absolute Gasteiger partial charge is 0.407 e. The molecular weight excluding hydrogens is 392 g/mol. The topological polar surface area (TPSA) is 79.8 Å². The molecule has 1 atom stereocenters. The van der Waals surface area contributed by atoms with Crippen molar-refractivity contribution in [3.63, 3.8) is 0 Å². The molecule has 0 aliphatic carbocycles. The highest BCUT2D eigenvalue weighted by atomic mass is 16.6. The molecule has 0 radical (unpaired) electrons. The van der Waals surface area contributed by atoms with Gasteiger partial charge in [0.2, 0.25) is 0 Å². The summed E-state index contributed by atoms with van der Waals surface area (Å²) in [5.41, 5.74) is 1.16. The molecule has 6 nitrogen and oxygen atoms in total. The van der Waals surface area contributed by atoms with Crippen molar-refractivity contribution in [3.8, 4) is 5.75 Å². The van der Waals surface area contributed by atoms with Crippen molar-refractivity contribution in [2.45, 2.75) is 83.6 Å². The number of carbonyl (C=O) groups excluding carboxylic acids is 1. The summed E-state index contributed by atoms with van der Waals surface area (Å²) in [6.07, 6.45) is 13.8. The van der Waals surface area contributed by atoms with Gasteiger partial charge >= 0.3 is 6.09 Å². The number of nitrogens with one attached hydrogen (secondary N) is 2. The fraction of sp³-hybridized carbons (Fsp3) is 0.720. The fourth-order valence-corrected chi connectivity index (χ4v) is 3.76. The quantitative estimate of drug-likeness (QED) is 0.255. The average molecular weight is 437 g/mol. The van der Waals surface area contributed by atoms with Crippen LogP contribution in [-0.4, -0.2) is 44.6 Å². The SMILES string of the molecule is CCCCCCCCCCCCC(NCCNC(=O)OCCO)c1ccccc1OC. The minimum Gasteiger partial charge on any atom is -0.496 e. The van der Waals surface area contributed by atoms with Gasteiger partial charge in [-0.1, -0.05) is 89.3 Å². The number of amides is 1. The number of hydrogen-bond acceptors (Lipinski definition) is 5. The molecule has 1 aromatic rings. The van der Waals surface area contributed by atoms with Gasteiger partial charge in [-0.25, -0.2) is 4.79 Å². The molecule has 1 unspecified atom stereocenters. The van der Waals surface area contributed by atoms with Gasteiger partial charge in [-0.05, 0) is 12.5 Å². The molecule has 3 N–H and O–H groups in total. The lowest BCUT2D eigenvalue weighted by molar-refractivity contribution is 0.119. The second kappa shape index (κ2) is 18.9. The first-order chi connectivity index (χ1) is 15.2. The molecule has 0 saturated heterocycles. The van der Waals surface area contributed by atoms with Gasteiger partial charge in [0.1, 0.15) is 12.4 Å². The van der Waals surface area contributed by atoms with Crippen LogP contribution in [0.5, 0.6) is 5.75 Å². The van der Waals surface area contributed by atoms with Crippen molar-refractivity contribution >= 4 is 6.09 Å². The van der Waals surface area contributed by atoms with Crippen molar-refractivity contribution in [1.29, 1.82) is 0 Å². The third kappa shape index (κ3) is 13.3. The molecule has 178 valence electrons. The van der Waals surface area contributed by atoms with Gasteiger partial charge in [0.15, 0.2) is 0 Å². The van der Waals surface area contributed by atoms with Gasteiger partial charge in [0.05, 0.1) is 13.7 Å². The van der Waals surface area contributed by atoms with Gasteiger partial charge in [0.25, 0.3) is 0 Å². The predicted octanol–water partition coefficient (Wildman–Crippen LogP) is 5.36. The minimum atomic E-state index is -0.501. The minimum absolute atomic E-state index is 0.0157. The Balaban J connectivity index is 2.36. The van der Waals surface area contributed by atoms with Crippen LogP contribution in [0, 0.1) is 0 Å². The van der Waals surface area contributed by atoms with Crippen LogP contribution in [0.25, 0.3) is 0 Å². The Hall–Kier alpha value is -1.79. The number of hydrogen-bond donors (Lipinski definition) is 3. The van der Waals surface area contributed by atoms with E-state index in [0.29, 0.717) is 13.1 Å². The zero-order chi connectivity index (χ0) is 22.6. The fourth-order valence-electron chi connectivity index (χ4n) is 3.76. The normalized spacial score (nSPS) is 11.8. The van der Waals surface area contributed by atoms with E-state index < -0.39 is 6.09 Å². The summed E-state index contributed by atoms with van der Waals surface area (Å²) in [7, 11) is 1.70. The first-order valence-corrected chi connectivity index (χ1v) is 12.1. The van der Waals surface area contributed by atoms with Crippen LogP contribution < -0.4 is 15.4 Å². The number of unbranched alkanes of at least 4 members (excludes halogenated alkanes) is 9. The highest BCUT2D eigenvalue weighted by Gasteiger charge is 2.15. The number of para-hydroxylation sites is 1. The van der Waals surface area contributed by atoms with Crippen LogP contribution in [0.15, 0.2) is 24.3 Å². The maximum atomic E-state index is 11.5. The number of rotatable bonds is 19. The van der Waals surface area contributed by atoms with E-state index in [1.165, 1.54) is 57.8 Å². The van der Waals surface area contributed by atoms with Crippen LogP contribution >= 0.6 is 0 Å². The summed E-state index contributed by atoms with van der Waals surface area (Å²) in [5.74, 6) is 0.891. The number of benzene rings is 1. The van der Waals surface area contributed by atoms with E-state index in [2.05, 4.69) is 23.6 Å². The van der Waals surface area contributed by atoms with E-state index in [4.69, 9.17) is 14.6 Å². The molecule has 0 aromatic heterocycles. The summed E-state index contributed by atoms with van der Waals surface area (Å²) in [5, 5.41) is 14.9. The molecule has 0 spiro atoms. The first-order valence-electron chi connectivity index (χ1n) is 12.1. The lowest BCUT2D eigenvalue weighted by Gasteiger charge is -2.21. The molecule has 1 aromatic carbocycles. The van der Waals surface area contributed by atoms with Crippen molar-refractivity contribution in [2.75, 3.05) is 33.4 Å². The maximum absolute atomic E-state index is 11.5. The van der Waals surface area contributed by atoms with Crippen LogP contribution in [0.2, 0.25) is 0 Å². The molecule has 1 rings (SSSR count). The standard InChI is InChI=1S/C25H44N2O4/c1-3-4-5-6-7-8-9-10-11-12-16-23(22-15-13-14-17-24(22)30-2)26-18-19-27-25(29)31-21-20-28/h13-15,17,23,26,28H,3-12,16,18-21H2,1-2H3,(H,27,29). The summed E-state index contributed by atoms with van der Waals surface area (Å²) < 4.78 is 10.4. The van der Waals surface area contributed by atoms with Crippen molar-refractivity contribution < 1.29 is 19.4 Å². The Bertz CT molecular complexity index is 568. The molecule has 0 aliphatic rings. The Morgan fingerprint density at radius 3 is 2.26 bits per heavy atom. The molecule has 31 heavy (non-hydrogen) atoms. The number of carbonyl (C=O) groups is 1. The second-order valence-corrected chi connectivity index (χ2v) is 8.01. The van der Waals surface area contributed by atoms with Crippen molar-refractivity contribution in [1.82, 2.24) is 10.6 Å². The largest absolute Gasteiger partial charge is 0.496 e. The van der Waals surface area contributed by atoms with Gasteiger partial charge in [-0.2, -0.15) is 0 Å². The van der Waals surface area contributed by atoms with Gasteiger partial charge in [0, 0.05) is 24.7 Å². The van der Waals surface area contributed by atoms with Gasteiger partial charge in [-0.15, -0.1) is 0 Å². The predicted molar refractivity (Wildman–Crippen MR) is 127 cm³/mol. The van der Waals surface area contributed by atoms with Crippen LogP contribution in [0.4, 0.5) is 4.79 Å². The van der Waals surface area contributed by atoms with Crippen molar-refractivity contribution in [3.05, 3.63) is 29.8 Å². The zero-order valence-electron chi connectivity index (χ0n) is 19.7. The second-order valence-electron chi connectivity index (χ2n) is 8.01. The number of ether oxygens (including phenoxy) is 2. The number of aliphatic hydroxyl groups is 1. The van der Waals surface area contributed by atoms with E-state index in [1.54, 1.807) is 7.11 Å². The molecule has 0 aliphatic heterocycles. The third-order valence-corrected chi connectivity index (χ3v) is 5.47. The van der Waals surface area contributed by atoms with Crippen molar-refractivity contribution in [2.24, 2.45) is 0 Å². The monoisotopic (exact) mass is 436 g/mol. The van der Waals surface area contributed by atoms with Gasteiger partial charge < -0.3 is 25.2 Å².